The van der Waals surface area contributed by atoms with Gasteiger partial charge in [-0.25, -0.2) is 9.69 Å². The van der Waals surface area contributed by atoms with Crippen molar-refractivity contribution >= 4 is 35.3 Å². The molecule has 2 aliphatic rings. The van der Waals surface area contributed by atoms with Crippen LogP contribution in [0.3, 0.4) is 0 Å². The van der Waals surface area contributed by atoms with Crippen molar-refractivity contribution in [3.05, 3.63) is 82.2 Å². The van der Waals surface area contributed by atoms with Crippen LogP contribution < -0.4 is 19.7 Å². The fraction of sp³-hybridized carbons (Fsp3) is 0.0455. The van der Waals surface area contributed by atoms with Gasteiger partial charge in [0.2, 0.25) is 6.79 Å². The number of anilines is 1. The van der Waals surface area contributed by atoms with Crippen LogP contribution in [0.4, 0.5) is 16.2 Å². The van der Waals surface area contributed by atoms with Crippen LogP contribution in [0, 0.1) is 10.1 Å². The Hall–Kier alpha value is -4.93. The maximum Gasteiger partial charge on any atom is 0.335 e. The Morgan fingerprint density at radius 1 is 0.970 bits per heavy atom. The molecule has 164 valence electrons. The number of amides is 4. The molecular formula is C22H14N4O7. The maximum absolute atomic E-state index is 13.2. The molecule has 2 aromatic carbocycles. The zero-order valence-electron chi connectivity index (χ0n) is 16.8. The highest BCUT2D eigenvalue weighted by Crippen LogP contribution is 2.36. The van der Waals surface area contributed by atoms with Gasteiger partial charge in [-0.15, -0.1) is 0 Å². The van der Waals surface area contributed by atoms with E-state index >= 15 is 0 Å². The summed E-state index contributed by atoms with van der Waals surface area (Å²) in [6, 6.07) is 12.9. The van der Waals surface area contributed by atoms with E-state index in [0.29, 0.717) is 22.9 Å². The molecule has 0 unspecified atom stereocenters. The van der Waals surface area contributed by atoms with E-state index in [-0.39, 0.29) is 23.7 Å². The summed E-state index contributed by atoms with van der Waals surface area (Å²) >= 11 is 0. The predicted molar refractivity (Wildman–Crippen MR) is 114 cm³/mol. The molecule has 1 fully saturated rings. The molecule has 3 heterocycles. The lowest BCUT2D eigenvalue weighted by Crippen LogP contribution is -2.54. The Bertz CT molecular complexity index is 1370. The molecule has 1 N–H and O–H groups in total. The van der Waals surface area contributed by atoms with Crippen molar-refractivity contribution in [1.82, 2.24) is 9.88 Å². The van der Waals surface area contributed by atoms with Gasteiger partial charge < -0.3 is 14.0 Å². The first-order chi connectivity index (χ1) is 15.9. The number of ether oxygens (including phenoxy) is 2. The van der Waals surface area contributed by atoms with Crippen LogP contribution in [-0.4, -0.2) is 34.1 Å². The monoisotopic (exact) mass is 446 g/mol. The SMILES string of the molecule is O=C1NC(=O)N(c2ccc3c(c2)OCO3)C(=O)/C1=C/c1cccn1-c1cccc([N+](=O)[O-])c1. The molecule has 4 amide bonds. The van der Waals surface area contributed by atoms with Crippen LogP contribution in [0.15, 0.2) is 66.4 Å². The smallest absolute Gasteiger partial charge is 0.335 e. The van der Waals surface area contributed by atoms with Gasteiger partial charge >= 0.3 is 6.03 Å². The van der Waals surface area contributed by atoms with Gasteiger partial charge in [0.15, 0.2) is 11.5 Å². The van der Waals surface area contributed by atoms with Crippen LogP contribution in [0.2, 0.25) is 0 Å². The summed E-state index contributed by atoms with van der Waals surface area (Å²) in [4.78, 5) is 49.6. The Morgan fingerprint density at radius 3 is 2.61 bits per heavy atom. The third-order valence-corrected chi connectivity index (χ3v) is 5.11. The number of urea groups is 1. The summed E-state index contributed by atoms with van der Waals surface area (Å²) in [5.74, 6) is -0.830. The summed E-state index contributed by atoms with van der Waals surface area (Å²) in [5.41, 5.74) is 0.695. The summed E-state index contributed by atoms with van der Waals surface area (Å²) in [6.07, 6.45) is 2.96. The molecule has 0 saturated carbocycles. The number of hydrogen-bond donors (Lipinski definition) is 1. The highest BCUT2D eigenvalue weighted by molar-refractivity contribution is 6.39. The van der Waals surface area contributed by atoms with E-state index in [1.165, 1.54) is 36.4 Å². The molecule has 1 saturated heterocycles. The van der Waals surface area contributed by atoms with Gasteiger partial charge in [0.05, 0.1) is 16.3 Å². The van der Waals surface area contributed by atoms with Crippen LogP contribution in [0.1, 0.15) is 5.69 Å². The first-order valence-electron chi connectivity index (χ1n) is 9.66. The van der Waals surface area contributed by atoms with E-state index in [2.05, 4.69) is 5.32 Å². The Balaban J connectivity index is 1.53. The number of benzene rings is 2. The molecule has 1 aromatic heterocycles. The summed E-state index contributed by atoms with van der Waals surface area (Å²) in [6.45, 7) is 0.0250. The topological polar surface area (TPSA) is 133 Å². The number of nitrogens with zero attached hydrogens (tertiary/aromatic N) is 3. The minimum Gasteiger partial charge on any atom is -0.454 e. The number of nitrogens with one attached hydrogen (secondary N) is 1. The lowest BCUT2D eigenvalue weighted by atomic mass is 10.1. The molecule has 11 nitrogen and oxygen atoms in total. The minimum absolute atomic E-state index is 0.0250. The van der Waals surface area contributed by atoms with Gasteiger partial charge in [-0.3, -0.25) is 25.0 Å². The number of hydrogen-bond acceptors (Lipinski definition) is 7. The highest BCUT2D eigenvalue weighted by atomic mass is 16.7. The van der Waals surface area contributed by atoms with Gasteiger partial charge in [-0.05, 0) is 36.4 Å². The quantitative estimate of drug-likeness (QED) is 0.282. The van der Waals surface area contributed by atoms with E-state index in [1.54, 1.807) is 35.0 Å². The largest absolute Gasteiger partial charge is 0.454 e. The number of barbiturate groups is 1. The van der Waals surface area contributed by atoms with Crippen LogP contribution in [-0.2, 0) is 9.59 Å². The molecular weight excluding hydrogens is 432 g/mol. The molecule has 0 bridgehead atoms. The minimum atomic E-state index is -0.893. The average molecular weight is 446 g/mol. The lowest BCUT2D eigenvalue weighted by molar-refractivity contribution is -0.384. The number of rotatable bonds is 4. The molecule has 2 aliphatic heterocycles. The van der Waals surface area contributed by atoms with Gasteiger partial charge in [-0.2, -0.15) is 0 Å². The van der Waals surface area contributed by atoms with Gasteiger partial charge in [0.25, 0.3) is 17.5 Å². The summed E-state index contributed by atoms with van der Waals surface area (Å²) in [5, 5.41) is 13.3. The number of fused-ring (bicyclic) bond motifs is 1. The van der Waals surface area contributed by atoms with E-state index < -0.39 is 22.8 Å². The molecule has 5 rings (SSSR count). The molecule has 33 heavy (non-hydrogen) atoms. The first-order valence-corrected chi connectivity index (χ1v) is 9.66. The number of carbonyl (C=O) groups excluding carboxylic acids is 3. The zero-order chi connectivity index (χ0) is 23.1. The van der Waals surface area contributed by atoms with Crippen molar-refractivity contribution in [2.45, 2.75) is 0 Å². The van der Waals surface area contributed by atoms with Gasteiger partial charge in [0.1, 0.15) is 5.57 Å². The fourth-order valence-corrected chi connectivity index (χ4v) is 3.57. The number of carbonyl (C=O) groups is 3. The second kappa shape index (κ2) is 7.64. The fourth-order valence-electron chi connectivity index (χ4n) is 3.57. The van der Waals surface area contributed by atoms with Gasteiger partial charge in [-0.1, -0.05) is 6.07 Å². The molecule has 0 radical (unpaired) electrons. The van der Waals surface area contributed by atoms with Crippen molar-refractivity contribution < 1.29 is 28.8 Å². The van der Waals surface area contributed by atoms with Crippen molar-refractivity contribution in [3.8, 4) is 17.2 Å². The molecule has 0 aliphatic carbocycles. The van der Waals surface area contributed by atoms with Crippen molar-refractivity contribution in [2.75, 3.05) is 11.7 Å². The first kappa shape index (κ1) is 20.0. The highest BCUT2D eigenvalue weighted by Gasteiger charge is 2.37. The van der Waals surface area contributed by atoms with Crippen molar-refractivity contribution in [3.63, 3.8) is 0 Å². The van der Waals surface area contributed by atoms with E-state index in [0.717, 1.165) is 4.90 Å². The van der Waals surface area contributed by atoms with E-state index in [9.17, 15) is 24.5 Å². The van der Waals surface area contributed by atoms with E-state index in [1.807, 2.05) is 0 Å². The van der Waals surface area contributed by atoms with Crippen molar-refractivity contribution in [2.24, 2.45) is 0 Å². The Morgan fingerprint density at radius 2 is 1.79 bits per heavy atom. The standard InChI is InChI=1S/C22H14N4O7/c27-20-17(10-14-5-2-8-24(14)13-3-1-4-16(9-13)26(30)31)21(28)25(22(29)23-20)15-6-7-18-19(11-15)33-12-32-18/h1-11H,12H2,(H,23,27,29)/b17-10+. The third kappa shape index (κ3) is 3.47. The molecule has 0 atom stereocenters. The number of nitro benzene ring substituents is 1. The summed E-state index contributed by atoms with van der Waals surface area (Å²) < 4.78 is 12.1. The van der Waals surface area contributed by atoms with E-state index in [4.69, 9.17) is 9.47 Å². The molecule has 0 spiro atoms. The number of imide groups is 2. The third-order valence-electron chi connectivity index (χ3n) is 5.11. The predicted octanol–water partition coefficient (Wildman–Crippen LogP) is 2.78. The molecule has 11 heteroatoms. The second-order valence-electron chi connectivity index (χ2n) is 7.08. The summed E-state index contributed by atoms with van der Waals surface area (Å²) in [7, 11) is 0. The Labute approximate surface area is 185 Å². The van der Waals surface area contributed by atoms with Crippen LogP contribution >= 0.6 is 0 Å². The van der Waals surface area contributed by atoms with Gasteiger partial charge in [0, 0.05) is 30.1 Å². The van der Waals surface area contributed by atoms with Crippen LogP contribution in [0.5, 0.6) is 11.5 Å². The second-order valence-corrected chi connectivity index (χ2v) is 7.08. The van der Waals surface area contributed by atoms with Crippen molar-refractivity contribution in [1.29, 1.82) is 0 Å². The maximum atomic E-state index is 13.2. The number of nitro groups is 1. The number of non-ortho nitro benzene ring substituents is 1. The Kier molecular flexibility index (Phi) is 4.63. The van der Waals surface area contributed by atoms with Crippen LogP contribution in [0.25, 0.3) is 11.8 Å². The lowest BCUT2D eigenvalue weighted by Gasteiger charge is -2.26. The normalized spacial score (nSPS) is 16.3. The number of aromatic nitrogens is 1. The average Bonchev–Trinajstić information content (AvgIpc) is 3.45. The zero-order valence-corrected chi connectivity index (χ0v) is 16.8. The molecule has 3 aromatic rings.